The van der Waals surface area contributed by atoms with E-state index in [0.29, 0.717) is 6.29 Å². The van der Waals surface area contributed by atoms with Crippen LogP contribution in [0.4, 0.5) is 4.39 Å². The van der Waals surface area contributed by atoms with E-state index in [0.717, 1.165) is 15.6 Å². The average Bonchev–Trinajstić information content (AvgIpc) is 2.31. The molecule has 0 radical (unpaired) electrons. The van der Waals surface area contributed by atoms with Gasteiger partial charge in [-0.05, 0) is 29.3 Å². The van der Waals surface area contributed by atoms with Crippen molar-refractivity contribution in [2.45, 2.75) is 0 Å². The minimum atomic E-state index is -0.495. The molecular formula is C13H8BrFO. The molecule has 0 unspecified atom stereocenters. The van der Waals surface area contributed by atoms with Crippen molar-refractivity contribution in [3.63, 3.8) is 0 Å². The highest BCUT2D eigenvalue weighted by Gasteiger charge is 2.06. The third-order valence-corrected chi connectivity index (χ3v) is 3.00. The Bertz CT molecular complexity index is 537. The molecule has 0 aromatic heterocycles. The minimum Gasteiger partial charge on any atom is -0.298 e. The summed E-state index contributed by atoms with van der Waals surface area (Å²) in [5, 5.41) is 0. The monoisotopic (exact) mass is 278 g/mol. The summed E-state index contributed by atoms with van der Waals surface area (Å²) in [4.78, 5) is 10.6. The minimum absolute atomic E-state index is 0.0771. The summed E-state index contributed by atoms with van der Waals surface area (Å²) in [5.41, 5.74) is 1.83. The maximum absolute atomic E-state index is 13.1. The molecule has 3 heteroatoms. The smallest absolute Gasteiger partial charge is 0.153 e. The predicted octanol–water partition coefficient (Wildman–Crippen LogP) is 4.07. The maximum Gasteiger partial charge on any atom is 0.153 e. The summed E-state index contributed by atoms with van der Waals surface area (Å²) in [6, 6.07) is 12.1. The van der Waals surface area contributed by atoms with E-state index < -0.39 is 5.82 Å². The third-order valence-electron chi connectivity index (χ3n) is 2.31. The first-order valence-corrected chi connectivity index (χ1v) is 5.51. The van der Waals surface area contributed by atoms with Crippen molar-refractivity contribution in [3.8, 4) is 11.1 Å². The molecule has 2 aromatic carbocycles. The molecule has 0 aliphatic carbocycles. The number of halogens is 2. The normalized spacial score (nSPS) is 10.1. The number of aldehydes is 1. The first-order valence-electron chi connectivity index (χ1n) is 4.72. The molecule has 0 bridgehead atoms. The molecule has 0 aliphatic heterocycles. The van der Waals surface area contributed by atoms with Gasteiger partial charge in [-0.15, -0.1) is 0 Å². The second-order valence-corrected chi connectivity index (χ2v) is 4.19. The van der Waals surface area contributed by atoms with Crippen LogP contribution in [0.25, 0.3) is 11.1 Å². The van der Waals surface area contributed by atoms with Crippen LogP contribution >= 0.6 is 15.9 Å². The standard InChI is InChI=1S/C13H8BrFO/c14-12-4-2-1-3-11(12)9-5-6-13(15)10(7-9)8-16/h1-8H. The quantitative estimate of drug-likeness (QED) is 0.757. The van der Waals surface area contributed by atoms with Gasteiger partial charge in [-0.25, -0.2) is 4.39 Å². The lowest BCUT2D eigenvalue weighted by molar-refractivity contribution is 0.112. The van der Waals surface area contributed by atoms with Crippen LogP contribution in [0.15, 0.2) is 46.9 Å². The Balaban J connectivity index is 2.57. The number of rotatable bonds is 2. The van der Waals surface area contributed by atoms with Gasteiger partial charge in [0.2, 0.25) is 0 Å². The first kappa shape index (κ1) is 11.0. The van der Waals surface area contributed by atoms with Crippen molar-refractivity contribution < 1.29 is 9.18 Å². The highest BCUT2D eigenvalue weighted by molar-refractivity contribution is 9.10. The number of carbonyl (C=O) groups is 1. The topological polar surface area (TPSA) is 17.1 Å². The molecule has 0 saturated heterocycles. The fourth-order valence-electron chi connectivity index (χ4n) is 1.50. The molecule has 0 spiro atoms. The summed E-state index contributed by atoms with van der Waals surface area (Å²) in [7, 11) is 0. The number of hydrogen-bond acceptors (Lipinski definition) is 1. The number of carbonyl (C=O) groups excluding carboxylic acids is 1. The Hall–Kier alpha value is -1.48. The molecule has 80 valence electrons. The van der Waals surface area contributed by atoms with E-state index in [1.807, 2.05) is 24.3 Å². The third kappa shape index (κ3) is 2.04. The summed E-state index contributed by atoms with van der Waals surface area (Å²) in [5.74, 6) is -0.495. The summed E-state index contributed by atoms with van der Waals surface area (Å²) in [6.45, 7) is 0. The van der Waals surface area contributed by atoms with Gasteiger partial charge in [0.1, 0.15) is 5.82 Å². The SMILES string of the molecule is O=Cc1cc(-c2ccccc2Br)ccc1F. The Morgan fingerprint density at radius 3 is 2.56 bits per heavy atom. The Kier molecular flexibility index (Phi) is 3.15. The average molecular weight is 279 g/mol. The van der Waals surface area contributed by atoms with Crippen LogP contribution in [-0.2, 0) is 0 Å². The maximum atomic E-state index is 13.1. The van der Waals surface area contributed by atoms with Crippen molar-refractivity contribution in [1.82, 2.24) is 0 Å². The lowest BCUT2D eigenvalue weighted by Gasteiger charge is -2.05. The first-order chi connectivity index (χ1) is 7.72. The van der Waals surface area contributed by atoms with E-state index in [1.54, 1.807) is 12.1 Å². The Morgan fingerprint density at radius 2 is 1.88 bits per heavy atom. The van der Waals surface area contributed by atoms with E-state index in [9.17, 15) is 9.18 Å². The molecule has 1 nitrogen and oxygen atoms in total. The predicted molar refractivity (Wildman–Crippen MR) is 64.9 cm³/mol. The van der Waals surface area contributed by atoms with Crippen LogP contribution in [0.3, 0.4) is 0 Å². The van der Waals surface area contributed by atoms with Gasteiger partial charge in [0, 0.05) is 4.47 Å². The van der Waals surface area contributed by atoms with Crippen LogP contribution < -0.4 is 0 Å². The molecule has 2 aromatic rings. The van der Waals surface area contributed by atoms with Crippen molar-refractivity contribution >= 4 is 22.2 Å². The Morgan fingerprint density at radius 1 is 1.12 bits per heavy atom. The zero-order valence-corrected chi connectivity index (χ0v) is 9.87. The molecule has 2 rings (SSSR count). The fraction of sp³-hybridized carbons (Fsp3) is 0. The molecule has 0 N–H and O–H groups in total. The van der Waals surface area contributed by atoms with E-state index in [1.165, 1.54) is 6.07 Å². The van der Waals surface area contributed by atoms with Crippen LogP contribution in [0, 0.1) is 5.82 Å². The van der Waals surface area contributed by atoms with E-state index in [4.69, 9.17) is 0 Å². The molecule has 0 saturated carbocycles. The summed E-state index contributed by atoms with van der Waals surface area (Å²) in [6.07, 6.45) is 0.523. The zero-order valence-electron chi connectivity index (χ0n) is 8.28. The number of benzene rings is 2. The van der Waals surface area contributed by atoms with E-state index >= 15 is 0 Å². The molecule has 0 fully saturated rings. The molecule has 16 heavy (non-hydrogen) atoms. The summed E-state index contributed by atoms with van der Waals surface area (Å²) >= 11 is 3.42. The van der Waals surface area contributed by atoms with Gasteiger partial charge in [0.05, 0.1) is 5.56 Å². The van der Waals surface area contributed by atoms with Gasteiger partial charge in [-0.1, -0.05) is 40.2 Å². The molecule has 0 atom stereocenters. The van der Waals surface area contributed by atoms with Gasteiger partial charge < -0.3 is 0 Å². The zero-order chi connectivity index (χ0) is 11.5. The van der Waals surface area contributed by atoms with Gasteiger partial charge >= 0.3 is 0 Å². The van der Waals surface area contributed by atoms with E-state index in [2.05, 4.69) is 15.9 Å². The molecule has 0 aliphatic rings. The molecule has 0 amide bonds. The van der Waals surface area contributed by atoms with Gasteiger partial charge in [0.15, 0.2) is 6.29 Å². The lowest BCUT2D eigenvalue weighted by Crippen LogP contribution is -1.89. The number of hydrogen-bond donors (Lipinski definition) is 0. The van der Waals surface area contributed by atoms with Crippen LogP contribution in [0.5, 0.6) is 0 Å². The second kappa shape index (κ2) is 4.58. The van der Waals surface area contributed by atoms with Crippen molar-refractivity contribution in [2.24, 2.45) is 0 Å². The molecule has 0 heterocycles. The highest BCUT2D eigenvalue weighted by Crippen LogP contribution is 2.28. The fourth-order valence-corrected chi connectivity index (χ4v) is 2.01. The second-order valence-electron chi connectivity index (χ2n) is 3.33. The van der Waals surface area contributed by atoms with E-state index in [-0.39, 0.29) is 5.56 Å². The van der Waals surface area contributed by atoms with Crippen molar-refractivity contribution in [1.29, 1.82) is 0 Å². The van der Waals surface area contributed by atoms with Crippen LogP contribution in [0.2, 0.25) is 0 Å². The largest absolute Gasteiger partial charge is 0.298 e. The van der Waals surface area contributed by atoms with Crippen LogP contribution in [-0.4, -0.2) is 6.29 Å². The van der Waals surface area contributed by atoms with Crippen molar-refractivity contribution in [3.05, 3.63) is 58.3 Å². The van der Waals surface area contributed by atoms with Gasteiger partial charge in [-0.3, -0.25) is 4.79 Å². The molecular weight excluding hydrogens is 271 g/mol. The van der Waals surface area contributed by atoms with Gasteiger partial charge in [-0.2, -0.15) is 0 Å². The summed E-state index contributed by atoms with van der Waals surface area (Å²) < 4.78 is 14.1. The Labute approximate surface area is 101 Å². The van der Waals surface area contributed by atoms with Gasteiger partial charge in [0.25, 0.3) is 0 Å². The van der Waals surface area contributed by atoms with Crippen molar-refractivity contribution in [2.75, 3.05) is 0 Å². The lowest BCUT2D eigenvalue weighted by atomic mass is 10.0. The van der Waals surface area contributed by atoms with Crippen LogP contribution in [0.1, 0.15) is 10.4 Å². The highest BCUT2D eigenvalue weighted by atomic mass is 79.9.